The number of amides is 3. The van der Waals surface area contributed by atoms with Gasteiger partial charge in [-0.25, -0.2) is 0 Å². The van der Waals surface area contributed by atoms with Crippen LogP contribution in [0.25, 0.3) is 6.08 Å². The van der Waals surface area contributed by atoms with E-state index in [1.165, 1.54) is 32.1 Å². The highest BCUT2D eigenvalue weighted by Crippen LogP contribution is 2.23. The molecule has 2 aromatic rings. The van der Waals surface area contributed by atoms with Crippen molar-refractivity contribution in [1.82, 2.24) is 16.0 Å². The van der Waals surface area contributed by atoms with Crippen molar-refractivity contribution in [3.05, 3.63) is 76.8 Å². The Kier molecular flexibility index (Phi) is 10.7. The van der Waals surface area contributed by atoms with Gasteiger partial charge in [0.15, 0.2) is 0 Å². The van der Waals surface area contributed by atoms with E-state index < -0.39 is 60.1 Å². The van der Waals surface area contributed by atoms with Gasteiger partial charge in [0.2, 0.25) is 17.6 Å². The second-order valence-corrected chi connectivity index (χ2v) is 9.14. The first kappa shape index (κ1) is 31.4. The fraction of sp³-hybridized carbons (Fsp3) is 0.308. The quantitative estimate of drug-likeness (QED) is 0.213. The van der Waals surface area contributed by atoms with E-state index in [4.69, 9.17) is 11.6 Å². The molecule has 0 radical (unpaired) electrons. The fourth-order valence-corrected chi connectivity index (χ4v) is 3.49. The second kappa shape index (κ2) is 13.3. The minimum Gasteiger partial charge on any atom is -0.344 e. The number of hydrogen-bond acceptors (Lipinski definition) is 4. The number of rotatable bonds is 11. The van der Waals surface area contributed by atoms with Crippen molar-refractivity contribution in [3.8, 4) is 0 Å². The summed E-state index contributed by atoms with van der Waals surface area (Å²) in [6.45, 7) is 0.505. The van der Waals surface area contributed by atoms with Gasteiger partial charge in [0.05, 0.1) is 6.04 Å². The maximum Gasteiger partial charge on any atom is 0.405 e. The zero-order valence-electron chi connectivity index (χ0n) is 20.7. The molecule has 3 amide bonds. The normalized spacial score (nSPS) is 13.6. The van der Waals surface area contributed by atoms with E-state index in [-0.39, 0.29) is 5.56 Å². The summed E-state index contributed by atoms with van der Waals surface area (Å²) in [5.74, 6) is -12.3. The Labute approximate surface area is 225 Å². The number of alkyl halides is 5. The van der Waals surface area contributed by atoms with E-state index >= 15 is 0 Å². The smallest absolute Gasteiger partial charge is 0.344 e. The zero-order valence-corrected chi connectivity index (χ0v) is 21.4. The van der Waals surface area contributed by atoms with Gasteiger partial charge in [-0.05, 0) is 35.3 Å². The molecule has 0 saturated heterocycles. The number of carbonyl (C=O) groups is 4. The second-order valence-electron chi connectivity index (χ2n) is 8.71. The van der Waals surface area contributed by atoms with E-state index in [1.807, 2.05) is 0 Å². The predicted octanol–water partition coefficient (Wildman–Crippen LogP) is 4.23. The van der Waals surface area contributed by atoms with Gasteiger partial charge in [0, 0.05) is 11.1 Å². The molecule has 2 atom stereocenters. The molecule has 0 bridgehead atoms. The Bertz CT molecular complexity index is 1220. The van der Waals surface area contributed by atoms with E-state index in [2.05, 4.69) is 10.6 Å². The summed E-state index contributed by atoms with van der Waals surface area (Å²) < 4.78 is 66.0. The van der Waals surface area contributed by atoms with Crippen molar-refractivity contribution in [3.63, 3.8) is 0 Å². The van der Waals surface area contributed by atoms with Gasteiger partial charge >= 0.3 is 12.1 Å². The van der Waals surface area contributed by atoms with Crippen LogP contribution in [0.1, 0.15) is 31.0 Å². The largest absolute Gasteiger partial charge is 0.405 e. The Morgan fingerprint density at radius 3 is 2.13 bits per heavy atom. The maximum absolute atomic E-state index is 14.5. The van der Waals surface area contributed by atoms with E-state index in [9.17, 15) is 41.1 Å². The van der Waals surface area contributed by atoms with Crippen LogP contribution in [-0.4, -0.2) is 48.2 Å². The maximum atomic E-state index is 14.5. The topological polar surface area (TPSA) is 104 Å². The molecule has 0 saturated carbocycles. The summed E-state index contributed by atoms with van der Waals surface area (Å²) >= 11 is 5.91. The van der Waals surface area contributed by atoms with E-state index in [0.717, 1.165) is 11.4 Å². The summed E-state index contributed by atoms with van der Waals surface area (Å²) in [4.78, 5) is 50.0. The molecule has 7 nitrogen and oxygen atoms in total. The fourth-order valence-electron chi connectivity index (χ4n) is 3.29. The molecule has 0 spiro atoms. The first-order valence-electron chi connectivity index (χ1n) is 11.5. The van der Waals surface area contributed by atoms with Gasteiger partial charge in [-0.3, -0.25) is 19.2 Å². The van der Waals surface area contributed by atoms with Crippen molar-refractivity contribution >= 4 is 41.2 Å². The number of hydrogen-bond donors (Lipinski definition) is 3. The SMILES string of the molecule is CC(C)[C@H](NC(=O)[C@@H](NC(=O)C=Cc1cccc(Cl)c1)c1ccccc1)C(=O)C(F)(F)C(=O)NCC(F)(F)F. The minimum absolute atomic E-state index is 0.240. The summed E-state index contributed by atoms with van der Waals surface area (Å²) in [6.07, 6.45) is -2.45. The molecule has 2 aromatic carbocycles. The molecular weight excluding hydrogens is 549 g/mol. The molecule has 13 heteroatoms. The Morgan fingerprint density at radius 2 is 1.56 bits per heavy atom. The van der Waals surface area contributed by atoms with Crippen molar-refractivity contribution < 1.29 is 41.1 Å². The molecular formula is C26H25ClF5N3O4. The van der Waals surface area contributed by atoms with Crippen LogP contribution in [0.2, 0.25) is 5.02 Å². The van der Waals surface area contributed by atoms with Crippen LogP contribution < -0.4 is 16.0 Å². The van der Waals surface area contributed by atoms with Gasteiger partial charge in [-0.15, -0.1) is 0 Å². The van der Waals surface area contributed by atoms with Crippen molar-refractivity contribution in [2.24, 2.45) is 5.92 Å². The van der Waals surface area contributed by atoms with Crippen LogP contribution >= 0.6 is 11.6 Å². The molecule has 0 aliphatic carbocycles. The molecule has 39 heavy (non-hydrogen) atoms. The lowest BCUT2D eigenvalue weighted by Gasteiger charge is -2.27. The summed E-state index contributed by atoms with van der Waals surface area (Å²) in [6, 6.07) is 10.8. The van der Waals surface area contributed by atoms with Crippen LogP contribution in [-0.2, 0) is 19.2 Å². The van der Waals surface area contributed by atoms with Crippen LogP contribution in [0.3, 0.4) is 0 Å². The molecule has 0 aromatic heterocycles. The van der Waals surface area contributed by atoms with Crippen molar-refractivity contribution in [1.29, 1.82) is 0 Å². The van der Waals surface area contributed by atoms with Crippen molar-refractivity contribution in [2.45, 2.75) is 38.0 Å². The minimum atomic E-state index is -4.98. The highest BCUT2D eigenvalue weighted by Gasteiger charge is 2.52. The van der Waals surface area contributed by atoms with Crippen LogP contribution in [0.5, 0.6) is 0 Å². The van der Waals surface area contributed by atoms with Gasteiger partial charge in [-0.1, -0.05) is 67.9 Å². The summed E-state index contributed by atoms with van der Waals surface area (Å²) in [7, 11) is 0. The highest BCUT2D eigenvalue weighted by atomic mass is 35.5. The number of Topliss-reactive ketones (excluding diaryl/α,β-unsaturated/α-hetero) is 1. The molecule has 0 aliphatic heterocycles. The van der Waals surface area contributed by atoms with Gasteiger partial charge in [0.1, 0.15) is 12.6 Å². The third-order valence-electron chi connectivity index (χ3n) is 5.25. The molecule has 210 valence electrons. The number of ketones is 1. The monoisotopic (exact) mass is 573 g/mol. The standard InChI is InChI=1S/C26H25ClF5N3O4/c1-15(2)20(22(37)26(31,32)24(39)33-14-25(28,29)30)35-23(38)21(17-8-4-3-5-9-17)34-19(36)12-11-16-7-6-10-18(27)13-16/h3-13,15,20-21H,14H2,1-2H3,(H,33,39)(H,34,36)(H,35,38)/t20-,21-/m0/s1. The lowest BCUT2D eigenvalue weighted by molar-refractivity contribution is -0.165. The third-order valence-corrected chi connectivity index (χ3v) is 5.48. The van der Waals surface area contributed by atoms with Crippen molar-refractivity contribution in [2.75, 3.05) is 6.54 Å². The van der Waals surface area contributed by atoms with Crippen LogP contribution in [0.15, 0.2) is 60.7 Å². The predicted molar refractivity (Wildman–Crippen MR) is 134 cm³/mol. The Balaban J connectivity index is 2.25. The third kappa shape index (κ3) is 9.47. The first-order valence-corrected chi connectivity index (χ1v) is 11.9. The first-order chi connectivity index (χ1) is 18.1. The molecule has 0 unspecified atom stereocenters. The van der Waals surface area contributed by atoms with E-state index in [0.29, 0.717) is 10.6 Å². The van der Waals surface area contributed by atoms with E-state index in [1.54, 1.807) is 42.5 Å². The molecule has 0 heterocycles. The van der Waals surface area contributed by atoms with Crippen LogP contribution in [0, 0.1) is 5.92 Å². The Morgan fingerprint density at radius 1 is 0.923 bits per heavy atom. The van der Waals surface area contributed by atoms with Gasteiger partial charge in [-0.2, -0.15) is 22.0 Å². The van der Waals surface area contributed by atoms with Gasteiger partial charge < -0.3 is 16.0 Å². The number of benzene rings is 2. The number of carbonyl (C=O) groups excluding carboxylic acids is 4. The lowest BCUT2D eigenvalue weighted by Crippen LogP contribution is -2.58. The molecule has 2 rings (SSSR count). The molecule has 3 N–H and O–H groups in total. The zero-order chi connectivity index (χ0) is 29.4. The summed E-state index contributed by atoms with van der Waals surface area (Å²) in [5, 5.41) is 5.93. The number of halogens is 6. The van der Waals surface area contributed by atoms with Crippen LogP contribution in [0.4, 0.5) is 22.0 Å². The molecule has 0 fully saturated rings. The molecule has 0 aliphatic rings. The Hall–Kier alpha value is -3.80. The number of nitrogens with one attached hydrogen (secondary N) is 3. The summed E-state index contributed by atoms with van der Waals surface area (Å²) in [5.41, 5.74) is 0.819. The highest BCUT2D eigenvalue weighted by molar-refractivity contribution is 6.30. The average molecular weight is 574 g/mol. The lowest BCUT2D eigenvalue weighted by atomic mass is 9.94. The average Bonchev–Trinajstić information content (AvgIpc) is 2.87. The van der Waals surface area contributed by atoms with Gasteiger partial charge in [0.25, 0.3) is 5.91 Å².